The number of amides is 2. The summed E-state index contributed by atoms with van der Waals surface area (Å²) in [5.41, 5.74) is 0.302. The number of ether oxygens (including phenoxy) is 3. The van der Waals surface area contributed by atoms with E-state index in [0.717, 1.165) is 5.56 Å². The van der Waals surface area contributed by atoms with E-state index in [2.05, 4.69) is 5.32 Å². The van der Waals surface area contributed by atoms with Gasteiger partial charge in [-0.2, -0.15) is 0 Å². The van der Waals surface area contributed by atoms with Crippen LogP contribution in [0.3, 0.4) is 0 Å². The van der Waals surface area contributed by atoms with Crippen molar-refractivity contribution in [1.82, 2.24) is 10.2 Å². The predicted octanol–water partition coefficient (Wildman–Crippen LogP) is 1.90. The number of carbonyl (C=O) groups is 2. The molecule has 1 N–H and O–H groups in total. The zero-order valence-corrected chi connectivity index (χ0v) is 13.8. The van der Waals surface area contributed by atoms with E-state index in [1.165, 1.54) is 11.9 Å². The third-order valence-electron chi connectivity index (χ3n) is 3.01. The number of carbonyl (C=O) groups excluding carboxylic acids is 2. The molecule has 0 radical (unpaired) electrons. The Balaban J connectivity index is 1.80. The Morgan fingerprint density at radius 1 is 1.26 bits per heavy atom. The highest BCUT2D eigenvalue weighted by atomic mass is 16.7. The summed E-state index contributed by atoms with van der Waals surface area (Å²) in [7, 11) is 1.52. The van der Waals surface area contributed by atoms with Crippen molar-refractivity contribution in [3.63, 3.8) is 0 Å². The van der Waals surface area contributed by atoms with Gasteiger partial charge in [0.15, 0.2) is 11.5 Å². The number of nitrogens with zero attached hydrogens (tertiary/aromatic N) is 1. The first-order chi connectivity index (χ1) is 10.7. The van der Waals surface area contributed by atoms with Crippen LogP contribution >= 0.6 is 0 Å². The lowest BCUT2D eigenvalue weighted by Crippen LogP contribution is -2.40. The maximum atomic E-state index is 11.9. The second kappa shape index (κ2) is 6.76. The summed E-state index contributed by atoms with van der Waals surface area (Å²) in [5.74, 6) is 1.10. The number of benzene rings is 1. The third kappa shape index (κ3) is 5.05. The minimum Gasteiger partial charge on any atom is -0.454 e. The maximum Gasteiger partial charge on any atom is 0.410 e. The molecule has 0 unspecified atom stereocenters. The molecule has 1 aromatic rings. The van der Waals surface area contributed by atoms with Gasteiger partial charge in [0.2, 0.25) is 12.7 Å². The summed E-state index contributed by atoms with van der Waals surface area (Å²) in [6.07, 6.45) is -0.532. The summed E-state index contributed by atoms with van der Waals surface area (Å²) in [5, 5.41) is 2.75. The quantitative estimate of drug-likeness (QED) is 0.916. The molecule has 0 bridgehead atoms. The predicted molar refractivity (Wildman–Crippen MR) is 83.3 cm³/mol. The topological polar surface area (TPSA) is 77.1 Å². The fraction of sp³-hybridized carbons (Fsp3) is 0.500. The van der Waals surface area contributed by atoms with Gasteiger partial charge in [-0.3, -0.25) is 4.79 Å². The molecule has 1 aliphatic heterocycles. The zero-order valence-electron chi connectivity index (χ0n) is 13.8. The molecule has 23 heavy (non-hydrogen) atoms. The van der Waals surface area contributed by atoms with Gasteiger partial charge < -0.3 is 24.4 Å². The van der Waals surface area contributed by atoms with Crippen molar-refractivity contribution in [3.05, 3.63) is 23.8 Å². The van der Waals surface area contributed by atoms with Crippen LogP contribution in [0.5, 0.6) is 11.5 Å². The van der Waals surface area contributed by atoms with Crippen LogP contribution in [0.4, 0.5) is 4.79 Å². The monoisotopic (exact) mass is 322 g/mol. The van der Waals surface area contributed by atoms with E-state index in [1.807, 2.05) is 12.1 Å². The van der Waals surface area contributed by atoms with E-state index in [-0.39, 0.29) is 19.2 Å². The number of nitrogens with one attached hydrogen (secondary N) is 1. The molecular formula is C16H22N2O5. The molecule has 7 nitrogen and oxygen atoms in total. The molecule has 1 aliphatic rings. The SMILES string of the molecule is CN(CC(=O)NCc1ccc2c(c1)OCO2)C(=O)OC(C)(C)C. The highest BCUT2D eigenvalue weighted by Crippen LogP contribution is 2.32. The Morgan fingerprint density at radius 3 is 2.65 bits per heavy atom. The van der Waals surface area contributed by atoms with E-state index in [9.17, 15) is 9.59 Å². The second-order valence-corrected chi connectivity index (χ2v) is 6.30. The van der Waals surface area contributed by atoms with Gasteiger partial charge in [0.1, 0.15) is 12.1 Å². The Hall–Kier alpha value is -2.44. The highest BCUT2D eigenvalue weighted by Gasteiger charge is 2.21. The minimum atomic E-state index is -0.589. The first-order valence-electron chi connectivity index (χ1n) is 7.34. The van der Waals surface area contributed by atoms with Gasteiger partial charge in [-0.15, -0.1) is 0 Å². The largest absolute Gasteiger partial charge is 0.454 e. The lowest BCUT2D eigenvalue weighted by atomic mass is 10.2. The standard InChI is InChI=1S/C16H22N2O5/c1-16(2,3)23-15(20)18(4)9-14(19)17-8-11-5-6-12-13(7-11)22-10-21-12/h5-7H,8-10H2,1-4H3,(H,17,19). The van der Waals surface area contributed by atoms with Gasteiger partial charge in [-0.1, -0.05) is 6.07 Å². The smallest absolute Gasteiger partial charge is 0.410 e. The molecule has 0 aromatic heterocycles. The van der Waals surface area contributed by atoms with Crippen molar-refractivity contribution >= 4 is 12.0 Å². The molecule has 0 spiro atoms. The van der Waals surface area contributed by atoms with E-state index < -0.39 is 11.7 Å². The van der Waals surface area contributed by atoms with Crippen LogP contribution in [0, 0.1) is 0 Å². The molecule has 1 heterocycles. The van der Waals surface area contributed by atoms with Gasteiger partial charge in [0, 0.05) is 13.6 Å². The fourth-order valence-electron chi connectivity index (χ4n) is 1.93. The highest BCUT2D eigenvalue weighted by molar-refractivity contribution is 5.82. The van der Waals surface area contributed by atoms with Crippen molar-refractivity contribution in [2.75, 3.05) is 20.4 Å². The van der Waals surface area contributed by atoms with Crippen LogP contribution in [-0.2, 0) is 16.1 Å². The fourth-order valence-corrected chi connectivity index (χ4v) is 1.93. The molecule has 1 aromatic carbocycles. The van der Waals surface area contributed by atoms with Crippen LogP contribution in [0.1, 0.15) is 26.3 Å². The number of likely N-dealkylation sites (N-methyl/N-ethyl adjacent to an activating group) is 1. The number of rotatable bonds is 4. The van der Waals surface area contributed by atoms with Gasteiger partial charge in [-0.05, 0) is 38.5 Å². The average molecular weight is 322 g/mol. The zero-order chi connectivity index (χ0) is 17.0. The molecule has 2 amide bonds. The first-order valence-corrected chi connectivity index (χ1v) is 7.34. The van der Waals surface area contributed by atoms with Crippen molar-refractivity contribution in [2.24, 2.45) is 0 Å². The molecule has 126 valence electrons. The molecule has 0 atom stereocenters. The van der Waals surface area contributed by atoms with Crippen LogP contribution in [0.25, 0.3) is 0 Å². The summed E-state index contributed by atoms with van der Waals surface area (Å²) in [4.78, 5) is 24.9. The van der Waals surface area contributed by atoms with Crippen LogP contribution in [0.15, 0.2) is 18.2 Å². The van der Waals surface area contributed by atoms with Crippen molar-refractivity contribution in [3.8, 4) is 11.5 Å². The third-order valence-corrected chi connectivity index (χ3v) is 3.01. The molecule has 0 saturated heterocycles. The Morgan fingerprint density at radius 2 is 1.96 bits per heavy atom. The van der Waals surface area contributed by atoms with Crippen molar-refractivity contribution < 1.29 is 23.8 Å². The van der Waals surface area contributed by atoms with E-state index in [1.54, 1.807) is 26.8 Å². The molecule has 7 heteroatoms. The number of hydrogen-bond donors (Lipinski definition) is 1. The molecule has 0 fully saturated rings. The summed E-state index contributed by atoms with van der Waals surface area (Å²) >= 11 is 0. The molecular weight excluding hydrogens is 300 g/mol. The van der Waals surface area contributed by atoms with E-state index in [4.69, 9.17) is 14.2 Å². The Labute approximate surface area is 135 Å². The van der Waals surface area contributed by atoms with Crippen molar-refractivity contribution in [2.45, 2.75) is 32.9 Å². The molecule has 2 rings (SSSR count). The first kappa shape index (κ1) is 16.9. The van der Waals surface area contributed by atoms with Crippen molar-refractivity contribution in [1.29, 1.82) is 0 Å². The lowest BCUT2D eigenvalue weighted by Gasteiger charge is -2.24. The Bertz CT molecular complexity index is 595. The minimum absolute atomic E-state index is 0.0700. The van der Waals surface area contributed by atoms with E-state index >= 15 is 0 Å². The van der Waals surface area contributed by atoms with Crippen LogP contribution in [-0.4, -0.2) is 42.9 Å². The van der Waals surface area contributed by atoms with Crippen LogP contribution < -0.4 is 14.8 Å². The van der Waals surface area contributed by atoms with E-state index in [0.29, 0.717) is 18.0 Å². The summed E-state index contributed by atoms with van der Waals surface area (Å²) in [6, 6.07) is 5.47. The number of fused-ring (bicyclic) bond motifs is 1. The maximum absolute atomic E-state index is 11.9. The molecule has 0 saturated carbocycles. The molecule has 0 aliphatic carbocycles. The number of hydrogen-bond acceptors (Lipinski definition) is 5. The second-order valence-electron chi connectivity index (χ2n) is 6.30. The van der Waals surface area contributed by atoms with Gasteiger partial charge in [-0.25, -0.2) is 4.79 Å². The summed E-state index contributed by atoms with van der Waals surface area (Å²) in [6.45, 7) is 5.82. The van der Waals surface area contributed by atoms with Gasteiger partial charge >= 0.3 is 6.09 Å². The van der Waals surface area contributed by atoms with Gasteiger partial charge in [0.05, 0.1) is 0 Å². The lowest BCUT2D eigenvalue weighted by molar-refractivity contribution is -0.122. The van der Waals surface area contributed by atoms with Gasteiger partial charge in [0.25, 0.3) is 0 Å². The Kier molecular flexibility index (Phi) is 4.98. The van der Waals surface area contributed by atoms with Crippen LogP contribution in [0.2, 0.25) is 0 Å². The average Bonchev–Trinajstić information content (AvgIpc) is 2.90. The normalized spacial score (nSPS) is 12.7. The summed E-state index contributed by atoms with van der Waals surface area (Å²) < 4.78 is 15.7.